The average molecular weight is 231 g/mol. The quantitative estimate of drug-likeness (QED) is 0.746. The summed E-state index contributed by atoms with van der Waals surface area (Å²) in [5.41, 5.74) is 8.02. The van der Waals surface area contributed by atoms with Crippen molar-refractivity contribution in [2.75, 3.05) is 6.61 Å². The number of aromatic amines is 1. The van der Waals surface area contributed by atoms with Gasteiger partial charge in [-0.2, -0.15) is 0 Å². The number of rotatable bonds is 6. The van der Waals surface area contributed by atoms with Gasteiger partial charge in [0.15, 0.2) is 0 Å². The molecule has 0 unspecified atom stereocenters. The Morgan fingerprint density at radius 1 is 1.29 bits per heavy atom. The molecule has 2 rings (SSSR count). The summed E-state index contributed by atoms with van der Waals surface area (Å²) in [6.07, 6.45) is 5.56. The second kappa shape index (κ2) is 6.06. The van der Waals surface area contributed by atoms with Gasteiger partial charge in [0.05, 0.1) is 6.61 Å². The molecule has 0 fully saturated rings. The van der Waals surface area contributed by atoms with E-state index in [1.54, 1.807) is 6.20 Å². The maximum atomic E-state index is 5.63. The third-order valence-corrected chi connectivity index (χ3v) is 2.61. The van der Waals surface area contributed by atoms with Gasteiger partial charge in [-0.15, -0.1) is 0 Å². The van der Waals surface area contributed by atoms with Crippen molar-refractivity contribution in [1.82, 2.24) is 9.97 Å². The molecule has 2 heterocycles. The maximum absolute atomic E-state index is 5.63. The minimum Gasteiger partial charge on any atom is -0.478 e. The molecular weight excluding hydrogens is 214 g/mol. The number of nitrogens with one attached hydrogen (secondary N) is 1. The Morgan fingerprint density at radius 2 is 2.24 bits per heavy atom. The highest BCUT2D eigenvalue weighted by Crippen LogP contribution is 2.09. The SMILES string of the molecule is NCc1cc[nH]c1CCCOc1ccccn1. The van der Waals surface area contributed by atoms with Crippen LogP contribution in [-0.2, 0) is 13.0 Å². The van der Waals surface area contributed by atoms with Crippen LogP contribution in [0.3, 0.4) is 0 Å². The molecular formula is C13H17N3O. The normalized spacial score (nSPS) is 10.4. The Morgan fingerprint density at radius 3 is 3.00 bits per heavy atom. The fourth-order valence-electron chi connectivity index (χ4n) is 1.72. The molecule has 90 valence electrons. The highest BCUT2D eigenvalue weighted by molar-refractivity contribution is 5.20. The van der Waals surface area contributed by atoms with Crippen LogP contribution in [0.1, 0.15) is 17.7 Å². The van der Waals surface area contributed by atoms with E-state index in [0.29, 0.717) is 19.0 Å². The lowest BCUT2D eigenvalue weighted by Gasteiger charge is -2.05. The van der Waals surface area contributed by atoms with Crippen LogP contribution in [-0.4, -0.2) is 16.6 Å². The topological polar surface area (TPSA) is 63.9 Å². The molecule has 2 aromatic rings. The van der Waals surface area contributed by atoms with Crippen molar-refractivity contribution in [2.24, 2.45) is 5.73 Å². The van der Waals surface area contributed by atoms with E-state index >= 15 is 0 Å². The molecule has 4 nitrogen and oxygen atoms in total. The Balaban J connectivity index is 1.73. The maximum Gasteiger partial charge on any atom is 0.213 e. The number of H-pyrrole nitrogens is 1. The monoisotopic (exact) mass is 231 g/mol. The Bertz CT molecular complexity index is 439. The summed E-state index contributed by atoms with van der Waals surface area (Å²) in [5.74, 6) is 0.679. The van der Waals surface area contributed by atoms with Crippen molar-refractivity contribution >= 4 is 0 Å². The van der Waals surface area contributed by atoms with E-state index < -0.39 is 0 Å². The third-order valence-electron chi connectivity index (χ3n) is 2.61. The number of ether oxygens (including phenoxy) is 1. The lowest BCUT2D eigenvalue weighted by atomic mass is 10.1. The first-order valence-electron chi connectivity index (χ1n) is 5.79. The third kappa shape index (κ3) is 3.32. The first kappa shape index (κ1) is 11.7. The minimum atomic E-state index is 0.583. The second-order valence-electron chi connectivity index (χ2n) is 3.81. The molecule has 3 N–H and O–H groups in total. The predicted molar refractivity (Wildman–Crippen MR) is 66.7 cm³/mol. The van der Waals surface area contributed by atoms with Gasteiger partial charge in [-0.3, -0.25) is 0 Å². The summed E-state index contributed by atoms with van der Waals surface area (Å²) < 4.78 is 5.52. The summed E-state index contributed by atoms with van der Waals surface area (Å²) in [7, 11) is 0. The molecule has 0 saturated carbocycles. The van der Waals surface area contributed by atoms with Crippen LogP contribution >= 0.6 is 0 Å². The summed E-state index contributed by atoms with van der Waals surface area (Å²) in [4.78, 5) is 7.30. The van der Waals surface area contributed by atoms with Crippen LogP contribution in [0.4, 0.5) is 0 Å². The number of aryl methyl sites for hydroxylation is 1. The Labute approximate surface area is 101 Å². The van der Waals surface area contributed by atoms with Gasteiger partial charge in [-0.05, 0) is 30.5 Å². The highest BCUT2D eigenvalue weighted by atomic mass is 16.5. The van der Waals surface area contributed by atoms with Crippen molar-refractivity contribution in [3.63, 3.8) is 0 Å². The van der Waals surface area contributed by atoms with Crippen LogP contribution in [0.25, 0.3) is 0 Å². The fourth-order valence-corrected chi connectivity index (χ4v) is 1.72. The van der Waals surface area contributed by atoms with E-state index in [1.165, 1.54) is 11.3 Å². The van der Waals surface area contributed by atoms with E-state index in [9.17, 15) is 0 Å². The first-order chi connectivity index (χ1) is 8.40. The largest absolute Gasteiger partial charge is 0.478 e. The first-order valence-corrected chi connectivity index (χ1v) is 5.79. The minimum absolute atomic E-state index is 0.583. The number of nitrogens with zero attached hydrogens (tertiary/aromatic N) is 1. The molecule has 0 aliphatic heterocycles. The van der Waals surface area contributed by atoms with E-state index in [1.807, 2.05) is 30.5 Å². The zero-order valence-electron chi connectivity index (χ0n) is 9.73. The lowest BCUT2D eigenvalue weighted by Crippen LogP contribution is -2.03. The molecule has 0 aliphatic carbocycles. The van der Waals surface area contributed by atoms with Gasteiger partial charge < -0.3 is 15.5 Å². The van der Waals surface area contributed by atoms with Crippen molar-refractivity contribution in [3.8, 4) is 5.88 Å². The number of pyridine rings is 1. The Kier molecular flexibility index (Phi) is 4.16. The van der Waals surface area contributed by atoms with Crippen molar-refractivity contribution in [1.29, 1.82) is 0 Å². The standard InChI is InChI=1S/C13H17N3O/c14-10-11-6-8-15-12(11)4-3-9-17-13-5-1-2-7-16-13/h1-2,5-8,15H,3-4,9-10,14H2. The van der Waals surface area contributed by atoms with Crippen molar-refractivity contribution in [3.05, 3.63) is 47.9 Å². The van der Waals surface area contributed by atoms with Gasteiger partial charge in [-0.1, -0.05) is 6.07 Å². The van der Waals surface area contributed by atoms with Gasteiger partial charge in [0.1, 0.15) is 0 Å². The van der Waals surface area contributed by atoms with Crippen LogP contribution in [0.15, 0.2) is 36.7 Å². The van der Waals surface area contributed by atoms with Gasteiger partial charge in [0.2, 0.25) is 5.88 Å². The molecule has 17 heavy (non-hydrogen) atoms. The van der Waals surface area contributed by atoms with Gasteiger partial charge in [-0.25, -0.2) is 4.98 Å². The second-order valence-corrected chi connectivity index (χ2v) is 3.81. The average Bonchev–Trinajstić information content (AvgIpc) is 2.83. The van der Waals surface area contributed by atoms with E-state index in [0.717, 1.165) is 12.8 Å². The molecule has 0 bridgehead atoms. The van der Waals surface area contributed by atoms with Crippen molar-refractivity contribution in [2.45, 2.75) is 19.4 Å². The predicted octanol–water partition coefficient (Wildman–Crippen LogP) is 1.88. The molecule has 2 aromatic heterocycles. The van der Waals surface area contributed by atoms with Crippen LogP contribution in [0.5, 0.6) is 5.88 Å². The van der Waals surface area contributed by atoms with Crippen LogP contribution in [0, 0.1) is 0 Å². The summed E-state index contributed by atoms with van der Waals surface area (Å²) in [6.45, 7) is 1.25. The molecule has 4 heteroatoms. The zero-order valence-corrected chi connectivity index (χ0v) is 9.73. The van der Waals surface area contributed by atoms with Gasteiger partial charge in [0.25, 0.3) is 0 Å². The summed E-state index contributed by atoms with van der Waals surface area (Å²) in [5, 5.41) is 0. The van der Waals surface area contributed by atoms with Gasteiger partial charge in [0, 0.05) is 30.7 Å². The van der Waals surface area contributed by atoms with Crippen LogP contribution < -0.4 is 10.5 Å². The van der Waals surface area contributed by atoms with E-state index in [4.69, 9.17) is 10.5 Å². The lowest BCUT2D eigenvalue weighted by molar-refractivity contribution is 0.299. The molecule has 0 amide bonds. The number of aromatic nitrogens is 2. The fraction of sp³-hybridized carbons (Fsp3) is 0.308. The molecule has 0 saturated heterocycles. The van der Waals surface area contributed by atoms with Gasteiger partial charge >= 0.3 is 0 Å². The number of nitrogens with two attached hydrogens (primary N) is 1. The molecule has 0 aliphatic rings. The van der Waals surface area contributed by atoms with Crippen LogP contribution in [0.2, 0.25) is 0 Å². The highest BCUT2D eigenvalue weighted by Gasteiger charge is 2.01. The smallest absolute Gasteiger partial charge is 0.213 e. The molecule has 0 radical (unpaired) electrons. The molecule has 0 aromatic carbocycles. The van der Waals surface area contributed by atoms with Crippen molar-refractivity contribution < 1.29 is 4.74 Å². The summed E-state index contributed by atoms with van der Waals surface area (Å²) >= 11 is 0. The van der Waals surface area contributed by atoms with E-state index in [2.05, 4.69) is 9.97 Å². The van der Waals surface area contributed by atoms with E-state index in [-0.39, 0.29) is 0 Å². The molecule has 0 spiro atoms. The zero-order chi connectivity index (χ0) is 11.9. The Hall–Kier alpha value is -1.81. The number of hydrogen-bond acceptors (Lipinski definition) is 3. The summed E-state index contributed by atoms with van der Waals surface area (Å²) in [6, 6.07) is 7.67. The number of hydrogen-bond donors (Lipinski definition) is 2. The molecule has 0 atom stereocenters.